The van der Waals surface area contributed by atoms with Gasteiger partial charge in [-0.25, -0.2) is 0 Å². The SMILES string of the molecule is CCCCCC(CO)=C1C=CC=C1. The van der Waals surface area contributed by atoms with Crippen molar-refractivity contribution in [1.29, 1.82) is 0 Å². The fourth-order valence-corrected chi connectivity index (χ4v) is 1.51. The van der Waals surface area contributed by atoms with E-state index in [4.69, 9.17) is 5.11 Å². The summed E-state index contributed by atoms with van der Waals surface area (Å²) in [7, 11) is 0. The summed E-state index contributed by atoms with van der Waals surface area (Å²) in [5, 5.41) is 9.16. The van der Waals surface area contributed by atoms with E-state index in [0.29, 0.717) is 0 Å². The minimum atomic E-state index is 0.202. The van der Waals surface area contributed by atoms with Gasteiger partial charge in [0, 0.05) is 0 Å². The van der Waals surface area contributed by atoms with E-state index in [-0.39, 0.29) is 6.61 Å². The van der Waals surface area contributed by atoms with Gasteiger partial charge in [-0.05, 0) is 24.0 Å². The van der Waals surface area contributed by atoms with Crippen molar-refractivity contribution in [1.82, 2.24) is 0 Å². The molecule has 0 saturated heterocycles. The number of aliphatic hydroxyl groups is 1. The second kappa shape index (κ2) is 5.76. The molecule has 0 radical (unpaired) electrons. The van der Waals surface area contributed by atoms with Gasteiger partial charge in [-0.2, -0.15) is 0 Å². The van der Waals surface area contributed by atoms with Crippen molar-refractivity contribution in [3.8, 4) is 0 Å². The molecule has 1 aliphatic rings. The lowest BCUT2D eigenvalue weighted by atomic mass is 10.0. The third kappa shape index (κ3) is 3.19. The van der Waals surface area contributed by atoms with Crippen molar-refractivity contribution in [2.75, 3.05) is 6.61 Å². The first kappa shape index (κ1) is 10.3. The van der Waals surface area contributed by atoms with Gasteiger partial charge in [0.25, 0.3) is 0 Å². The van der Waals surface area contributed by atoms with Gasteiger partial charge < -0.3 is 5.11 Å². The van der Waals surface area contributed by atoms with Gasteiger partial charge >= 0.3 is 0 Å². The molecule has 0 saturated carbocycles. The molecule has 1 heteroatoms. The van der Waals surface area contributed by atoms with Gasteiger partial charge in [0.15, 0.2) is 0 Å². The normalized spacial score (nSPS) is 14.2. The summed E-state index contributed by atoms with van der Waals surface area (Å²) in [4.78, 5) is 0. The molecule has 1 aliphatic carbocycles. The van der Waals surface area contributed by atoms with E-state index in [2.05, 4.69) is 19.1 Å². The molecule has 0 atom stereocenters. The number of rotatable bonds is 5. The minimum absolute atomic E-state index is 0.202. The maximum atomic E-state index is 9.16. The maximum absolute atomic E-state index is 9.16. The summed E-state index contributed by atoms with van der Waals surface area (Å²) < 4.78 is 0. The maximum Gasteiger partial charge on any atom is 0.0650 e. The Balaban J connectivity index is 2.47. The van der Waals surface area contributed by atoms with Crippen molar-refractivity contribution in [3.05, 3.63) is 35.5 Å². The van der Waals surface area contributed by atoms with Gasteiger partial charge in [-0.3, -0.25) is 0 Å². The van der Waals surface area contributed by atoms with Crippen LogP contribution in [0.2, 0.25) is 0 Å². The van der Waals surface area contributed by atoms with Crippen LogP contribution >= 0.6 is 0 Å². The van der Waals surface area contributed by atoms with E-state index >= 15 is 0 Å². The van der Waals surface area contributed by atoms with Gasteiger partial charge in [0.1, 0.15) is 0 Å². The first-order valence-corrected chi connectivity index (χ1v) is 5.06. The number of allylic oxidation sites excluding steroid dienone is 5. The lowest BCUT2D eigenvalue weighted by Crippen LogP contribution is -1.94. The molecule has 1 nitrogen and oxygen atoms in total. The van der Waals surface area contributed by atoms with Crippen molar-refractivity contribution in [2.45, 2.75) is 32.6 Å². The molecule has 0 heterocycles. The highest BCUT2D eigenvalue weighted by Gasteiger charge is 2.02. The third-order valence-corrected chi connectivity index (χ3v) is 2.34. The van der Waals surface area contributed by atoms with E-state index in [1.165, 1.54) is 30.4 Å². The zero-order valence-corrected chi connectivity index (χ0v) is 8.29. The molecule has 0 amide bonds. The molecular weight excluding hydrogens is 160 g/mol. The highest BCUT2D eigenvalue weighted by Crippen LogP contribution is 2.18. The van der Waals surface area contributed by atoms with E-state index in [0.717, 1.165) is 6.42 Å². The van der Waals surface area contributed by atoms with Crippen molar-refractivity contribution < 1.29 is 5.11 Å². The van der Waals surface area contributed by atoms with Gasteiger partial charge in [-0.1, -0.05) is 44.1 Å². The molecule has 0 unspecified atom stereocenters. The smallest absolute Gasteiger partial charge is 0.0650 e. The predicted octanol–water partition coefficient (Wildman–Crippen LogP) is 2.98. The van der Waals surface area contributed by atoms with Crippen LogP contribution in [0.4, 0.5) is 0 Å². The van der Waals surface area contributed by atoms with Crippen molar-refractivity contribution >= 4 is 0 Å². The quantitative estimate of drug-likeness (QED) is 0.642. The van der Waals surface area contributed by atoms with Crippen LogP contribution in [0.3, 0.4) is 0 Å². The Morgan fingerprint density at radius 3 is 2.46 bits per heavy atom. The summed E-state index contributed by atoms with van der Waals surface area (Å²) in [5.74, 6) is 0. The average Bonchev–Trinajstić information content (AvgIpc) is 2.65. The van der Waals surface area contributed by atoms with Crippen LogP contribution in [-0.2, 0) is 0 Å². The van der Waals surface area contributed by atoms with Crippen LogP contribution in [0.15, 0.2) is 35.5 Å². The van der Waals surface area contributed by atoms with Crippen LogP contribution in [0.5, 0.6) is 0 Å². The Hall–Kier alpha value is -0.820. The number of unbranched alkanes of at least 4 members (excludes halogenated alkanes) is 2. The number of hydrogen-bond donors (Lipinski definition) is 1. The monoisotopic (exact) mass is 178 g/mol. The lowest BCUT2D eigenvalue weighted by molar-refractivity contribution is 0.324. The molecule has 72 valence electrons. The molecule has 0 aromatic rings. The van der Waals surface area contributed by atoms with Crippen LogP contribution in [0.1, 0.15) is 32.6 Å². The van der Waals surface area contributed by atoms with Crippen LogP contribution < -0.4 is 0 Å². The Morgan fingerprint density at radius 2 is 1.92 bits per heavy atom. The van der Waals surface area contributed by atoms with Crippen molar-refractivity contribution in [3.63, 3.8) is 0 Å². The molecule has 0 bridgehead atoms. The molecular formula is C12H18O. The standard InChI is InChI=1S/C12H18O/c1-2-3-4-9-12(10-13)11-7-5-6-8-11/h5-8,13H,2-4,9-10H2,1H3. The minimum Gasteiger partial charge on any atom is -0.392 e. The van der Waals surface area contributed by atoms with Crippen LogP contribution in [0, 0.1) is 0 Å². The highest BCUT2D eigenvalue weighted by atomic mass is 16.3. The topological polar surface area (TPSA) is 20.2 Å². The zero-order valence-electron chi connectivity index (χ0n) is 8.29. The second-order valence-electron chi connectivity index (χ2n) is 3.39. The predicted molar refractivity (Wildman–Crippen MR) is 56.5 cm³/mol. The third-order valence-electron chi connectivity index (χ3n) is 2.34. The number of hydrogen-bond acceptors (Lipinski definition) is 1. The summed E-state index contributed by atoms with van der Waals surface area (Å²) in [6.45, 7) is 2.40. The summed E-state index contributed by atoms with van der Waals surface area (Å²) in [6.07, 6.45) is 12.9. The highest BCUT2D eigenvalue weighted by molar-refractivity contribution is 5.43. The Kier molecular flexibility index (Phi) is 4.55. The molecule has 0 spiro atoms. The first-order valence-electron chi connectivity index (χ1n) is 5.06. The molecule has 0 aromatic heterocycles. The fourth-order valence-electron chi connectivity index (χ4n) is 1.51. The van der Waals surface area contributed by atoms with Crippen molar-refractivity contribution in [2.24, 2.45) is 0 Å². The van der Waals surface area contributed by atoms with Crippen LogP contribution in [0.25, 0.3) is 0 Å². The first-order chi connectivity index (χ1) is 6.38. The van der Waals surface area contributed by atoms with Gasteiger partial charge in [-0.15, -0.1) is 0 Å². The summed E-state index contributed by atoms with van der Waals surface area (Å²) in [6, 6.07) is 0. The van der Waals surface area contributed by atoms with E-state index in [1.54, 1.807) is 0 Å². The van der Waals surface area contributed by atoms with Gasteiger partial charge in [0.05, 0.1) is 6.61 Å². The molecule has 0 fully saturated rings. The molecule has 0 aliphatic heterocycles. The molecule has 13 heavy (non-hydrogen) atoms. The Morgan fingerprint density at radius 1 is 1.23 bits per heavy atom. The second-order valence-corrected chi connectivity index (χ2v) is 3.39. The number of aliphatic hydroxyl groups excluding tert-OH is 1. The Labute approximate surface area is 80.5 Å². The average molecular weight is 178 g/mol. The molecule has 1 N–H and O–H groups in total. The Bertz CT molecular complexity index is 220. The van der Waals surface area contributed by atoms with E-state index in [9.17, 15) is 0 Å². The zero-order chi connectivity index (χ0) is 9.52. The van der Waals surface area contributed by atoms with E-state index < -0.39 is 0 Å². The summed E-state index contributed by atoms with van der Waals surface area (Å²) >= 11 is 0. The van der Waals surface area contributed by atoms with E-state index in [1.807, 2.05) is 12.2 Å². The molecule has 0 aromatic carbocycles. The lowest BCUT2D eigenvalue weighted by Gasteiger charge is -2.05. The van der Waals surface area contributed by atoms with Gasteiger partial charge in [0.2, 0.25) is 0 Å². The summed E-state index contributed by atoms with van der Waals surface area (Å²) in [5.41, 5.74) is 2.39. The molecule has 1 rings (SSSR count). The fraction of sp³-hybridized carbons (Fsp3) is 0.500. The van der Waals surface area contributed by atoms with Crippen LogP contribution in [-0.4, -0.2) is 11.7 Å². The largest absolute Gasteiger partial charge is 0.392 e.